The number of hydrazine groups is 1. The molecule has 0 saturated carbocycles. The molecule has 3 nitrogen and oxygen atoms in total. The summed E-state index contributed by atoms with van der Waals surface area (Å²) in [5.74, 6) is 5.61. The van der Waals surface area contributed by atoms with Crippen molar-refractivity contribution in [3.8, 4) is 0 Å². The Hall–Kier alpha value is -1.85. The molecular weight excluding hydrogens is 321 g/mol. The molecule has 0 aliphatic carbocycles. The van der Waals surface area contributed by atoms with Gasteiger partial charge in [-0.05, 0) is 47.5 Å². The van der Waals surface area contributed by atoms with Crippen LogP contribution in [0.5, 0.6) is 0 Å². The van der Waals surface area contributed by atoms with E-state index in [1.165, 1.54) is 17.1 Å². The van der Waals surface area contributed by atoms with Crippen molar-refractivity contribution in [2.24, 2.45) is 11.6 Å². The van der Waals surface area contributed by atoms with Crippen LogP contribution in [0, 0.1) is 5.82 Å². The van der Waals surface area contributed by atoms with Crippen molar-refractivity contribution in [1.82, 2.24) is 5.01 Å². The summed E-state index contributed by atoms with van der Waals surface area (Å²) in [7, 11) is 0. The number of nitrogens with zero attached hydrogens (tertiary/aromatic N) is 1. The molecule has 0 saturated heterocycles. The number of halogens is 2. The maximum absolute atomic E-state index is 12.8. The molecule has 0 aliphatic rings. The van der Waals surface area contributed by atoms with Crippen molar-refractivity contribution in [1.29, 1.82) is 0 Å². The summed E-state index contributed by atoms with van der Waals surface area (Å²) < 4.78 is 13.9. The monoisotopic (exact) mass is 335 g/mol. The van der Waals surface area contributed by atoms with Gasteiger partial charge in [-0.15, -0.1) is 0 Å². The Kier molecular flexibility index (Phi) is 4.76. The average molecular weight is 336 g/mol. The van der Waals surface area contributed by atoms with Crippen LogP contribution in [0.3, 0.4) is 0 Å². The minimum absolute atomic E-state index is 0.291. The standard InChI is InChI=1S/C15H15BrFN3/c16-13-5-1-11(2-6-13)9-20(19)10-15(18)12-3-7-14(17)8-4-12/h1-8,10H,9,18-19H2/b15-10-. The van der Waals surface area contributed by atoms with Crippen LogP contribution in [-0.4, -0.2) is 5.01 Å². The summed E-state index contributed by atoms with van der Waals surface area (Å²) in [4.78, 5) is 0. The van der Waals surface area contributed by atoms with Crippen molar-refractivity contribution in [3.63, 3.8) is 0 Å². The highest BCUT2D eigenvalue weighted by atomic mass is 79.9. The van der Waals surface area contributed by atoms with Crippen LogP contribution in [-0.2, 0) is 6.54 Å². The fraction of sp³-hybridized carbons (Fsp3) is 0.0667. The van der Waals surface area contributed by atoms with E-state index in [0.29, 0.717) is 12.2 Å². The maximum Gasteiger partial charge on any atom is 0.123 e. The lowest BCUT2D eigenvalue weighted by Crippen LogP contribution is -2.25. The molecule has 0 spiro atoms. The molecule has 0 fully saturated rings. The number of rotatable bonds is 4. The third-order valence-electron chi connectivity index (χ3n) is 2.76. The molecule has 4 N–H and O–H groups in total. The molecule has 104 valence electrons. The molecule has 2 rings (SSSR count). The smallest absolute Gasteiger partial charge is 0.123 e. The van der Waals surface area contributed by atoms with Gasteiger partial charge < -0.3 is 10.7 Å². The van der Waals surface area contributed by atoms with E-state index in [4.69, 9.17) is 11.6 Å². The van der Waals surface area contributed by atoms with E-state index in [1.807, 2.05) is 24.3 Å². The molecule has 0 radical (unpaired) electrons. The van der Waals surface area contributed by atoms with E-state index in [9.17, 15) is 4.39 Å². The topological polar surface area (TPSA) is 55.3 Å². The van der Waals surface area contributed by atoms with Crippen molar-refractivity contribution in [2.45, 2.75) is 6.54 Å². The van der Waals surface area contributed by atoms with Crippen LogP contribution in [0.2, 0.25) is 0 Å². The van der Waals surface area contributed by atoms with Gasteiger partial charge >= 0.3 is 0 Å². The highest BCUT2D eigenvalue weighted by molar-refractivity contribution is 9.10. The Labute approximate surface area is 125 Å². The van der Waals surface area contributed by atoms with Crippen molar-refractivity contribution in [2.75, 3.05) is 0 Å². The third kappa shape index (κ3) is 4.08. The lowest BCUT2D eigenvalue weighted by Gasteiger charge is -2.15. The van der Waals surface area contributed by atoms with E-state index < -0.39 is 0 Å². The van der Waals surface area contributed by atoms with Gasteiger partial charge in [0.05, 0.1) is 12.2 Å². The first kappa shape index (κ1) is 14.6. The second-order valence-corrected chi connectivity index (χ2v) is 5.31. The zero-order valence-corrected chi connectivity index (χ0v) is 12.3. The molecule has 0 atom stereocenters. The zero-order chi connectivity index (χ0) is 14.5. The normalized spacial score (nSPS) is 11.4. The first-order valence-electron chi connectivity index (χ1n) is 6.03. The van der Waals surface area contributed by atoms with Crippen LogP contribution < -0.4 is 11.6 Å². The Morgan fingerprint density at radius 3 is 2.30 bits per heavy atom. The lowest BCUT2D eigenvalue weighted by atomic mass is 10.1. The van der Waals surface area contributed by atoms with Gasteiger partial charge in [0.15, 0.2) is 0 Å². The molecule has 2 aromatic carbocycles. The maximum atomic E-state index is 12.8. The van der Waals surface area contributed by atoms with E-state index in [-0.39, 0.29) is 5.82 Å². The molecule has 0 amide bonds. The van der Waals surface area contributed by atoms with Gasteiger partial charge in [0.25, 0.3) is 0 Å². The highest BCUT2D eigenvalue weighted by Crippen LogP contribution is 2.13. The second-order valence-electron chi connectivity index (χ2n) is 4.39. The van der Waals surface area contributed by atoms with Gasteiger partial charge in [-0.3, -0.25) is 0 Å². The Morgan fingerprint density at radius 1 is 1.10 bits per heavy atom. The van der Waals surface area contributed by atoms with Crippen LogP contribution >= 0.6 is 15.9 Å². The molecular formula is C15H15BrFN3. The second kappa shape index (κ2) is 6.54. The van der Waals surface area contributed by atoms with Gasteiger partial charge in [0.1, 0.15) is 5.82 Å². The van der Waals surface area contributed by atoms with E-state index in [2.05, 4.69) is 15.9 Å². The molecule has 0 bridgehead atoms. The van der Waals surface area contributed by atoms with Gasteiger partial charge in [-0.2, -0.15) is 0 Å². The zero-order valence-electron chi connectivity index (χ0n) is 10.8. The predicted molar refractivity (Wildman–Crippen MR) is 82.4 cm³/mol. The molecule has 5 heteroatoms. The number of nitrogens with two attached hydrogens (primary N) is 2. The fourth-order valence-corrected chi connectivity index (χ4v) is 2.01. The van der Waals surface area contributed by atoms with Crippen molar-refractivity contribution >= 4 is 21.6 Å². The molecule has 0 aromatic heterocycles. The molecule has 2 aromatic rings. The molecule has 20 heavy (non-hydrogen) atoms. The summed E-state index contributed by atoms with van der Waals surface area (Å²) in [5.41, 5.74) is 8.23. The van der Waals surface area contributed by atoms with Crippen LogP contribution in [0.15, 0.2) is 59.2 Å². The first-order chi connectivity index (χ1) is 9.54. The van der Waals surface area contributed by atoms with E-state index in [1.54, 1.807) is 18.3 Å². The van der Waals surface area contributed by atoms with Gasteiger partial charge in [0.2, 0.25) is 0 Å². The van der Waals surface area contributed by atoms with Crippen molar-refractivity contribution < 1.29 is 4.39 Å². The van der Waals surface area contributed by atoms with Gasteiger partial charge in [-0.1, -0.05) is 28.1 Å². The van der Waals surface area contributed by atoms with Crippen LogP contribution in [0.1, 0.15) is 11.1 Å². The van der Waals surface area contributed by atoms with Crippen LogP contribution in [0.25, 0.3) is 5.70 Å². The van der Waals surface area contributed by atoms with E-state index >= 15 is 0 Å². The van der Waals surface area contributed by atoms with Gasteiger partial charge in [-0.25, -0.2) is 10.2 Å². The summed E-state index contributed by atoms with van der Waals surface area (Å²) >= 11 is 3.38. The summed E-state index contributed by atoms with van der Waals surface area (Å²) in [6.07, 6.45) is 1.63. The van der Waals surface area contributed by atoms with Crippen molar-refractivity contribution in [3.05, 3.63) is 76.1 Å². The number of benzene rings is 2. The summed E-state index contributed by atoms with van der Waals surface area (Å²) in [6.45, 7) is 0.537. The third-order valence-corrected chi connectivity index (χ3v) is 3.29. The minimum atomic E-state index is -0.291. The predicted octanol–water partition coefficient (Wildman–Crippen LogP) is 3.22. The average Bonchev–Trinajstić information content (AvgIpc) is 2.42. The van der Waals surface area contributed by atoms with E-state index in [0.717, 1.165) is 15.6 Å². The fourth-order valence-electron chi connectivity index (χ4n) is 1.74. The molecule has 0 unspecified atom stereocenters. The lowest BCUT2D eigenvalue weighted by molar-refractivity contribution is 0.388. The highest BCUT2D eigenvalue weighted by Gasteiger charge is 2.01. The number of hydrogen-bond donors (Lipinski definition) is 2. The first-order valence-corrected chi connectivity index (χ1v) is 6.83. The minimum Gasteiger partial charge on any atom is -0.397 e. The summed E-state index contributed by atoms with van der Waals surface area (Å²) in [5, 5.41) is 1.50. The largest absolute Gasteiger partial charge is 0.397 e. The number of hydrogen-bond acceptors (Lipinski definition) is 3. The molecule has 0 aliphatic heterocycles. The SMILES string of the molecule is N/C(=C\N(N)Cc1ccc(Br)cc1)c1ccc(F)cc1. The van der Waals surface area contributed by atoms with Crippen LogP contribution in [0.4, 0.5) is 4.39 Å². The Balaban J connectivity index is 2.05. The quantitative estimate of drug-likeness (QED) is 0.666. The van der Waals surface area contributed by atoms with Gasteiger partial charge in [0, 0.05) is 10.7 Å². The Morgan fingerprint density at radius 2 is 1.70 bits per heavy atom. The molecule has 0 heterocycles. The summed E-state index contributed by atoms with van der Waals surface area (Å²) in [6, 6.07) is 13.8. The Bertz CT molecular complexity index is 594.